The summed E-state index contributed by atoms with van der Waals surface area (Å²) in [5, 5.41) is 0.346. The van der Waals surface area contributed by atoms with Gasteiger partial charge in [-0.05, 0) is 36.8 Å². The van der Waals surface area contributed by atoms with E-state index in [1.165, 1.54) is 18.2 Å². The number of amidine groups is 1. The van der Waals surface area contributed by atoms with Crippen LogP contribution in [0.1, 0.15) is 29.9 Å². The van der Waals surface area contributed by atoms with Crippen LogP contribution in [0.4, 0.5) is 13.2 Å². The Kier molecular flexibility index (Phi) is 5.18. The van der Waals surface area contributed by atoms with Gasteiger partial charge in [-0.2, -0.15) is 4.99 Å². The number of nitrogens with zero attached hydrogens (tertiary/aromatic N) is 2. The van der Waals surface area contributed by atoms with E-state index in [0.717, 1.165) is 0 Å². The van der Waals surface area contributed by atoms with Crippen molar-refractivity contribution in [3.05, 3.63) is 65.1 Å². The second-order valence-corrected chi connectivity index (χ2v) is 6.78. The molecular formula is C21H18F3N3O. The Labute approximate surface area is 159 Å². The molecule has 4 nitrogen and oxygen atoms in total. The molecule has 0 aliphatic heterocycles. The number of carbonyl (C=O) groups is 1. The maximum atomic E-state index is 14.4. The van der Waals surface area contributed by atoms with Crippen LogP contribution in [0, 0.1) is 30.3 Å². The number of amides is 1. The van der Waals surface area contributed by atoms with Gasteiger partial charge in [0.2, 0.25) is 0 Å². The van der Waals surface area contributed by atoms with Crippen molar-refractivity contribution >= 4 is 22.6 Å². The number of pyridine rings is 1. The van der Waals surface area contributed by atoms with Crippen LogP contribution in [0.5, 0.6) is 0 Å². The summed E-state index contributed by atoms with van der Waals surface area (Å²) in [6.45, 7) is 5.28. The molecule has 0 spiro atoms. The highest BCUT2D eigenvalue weighted by Gasteiger charge is 2.18. The average molecular weight is 385 g/mol. The highest BCUT2D eigenvalue weighted by atomic mass is 19.1. The van der Waals surface area contributed by atoms with Gasteiger partial charge in [-0.15, -0.1) is 0 Å². The van der Waals surface area contributed by atoms with Crippen molar-refractivity contribution in [1.82, 2.24) is 4.98 Å². The smallest absolute Gasteiger partial charge is 0.278 e. The number of aromatic nitrogens is 1. The van der Waals surface area contributed by atoms with Crippen LogP contribution in [0.2, 0.25) is 0 Å². The number of benzene rings is 2. The van der Waals surface area contributed by atoms with E-state index in [-0.39, 0.29) is 28.4 Å². The summed E-state index contributed by atoms with van der Waals surface area (Å²) in [6.07, 6.45) is 0. The van der Waals surface area contributed by atoms with Gasteiger partial charge < -0.3 is 5.73 Å². The first kappa shape index (κ1) is 19.5. The van der Waals surface area contributed by atoms with Crippen molar-refractivity contribution in [2.75, 3.05) is 0 Å². The van der Waals surface area contributed by atoms with E-state index in [2.05, 4.69) is 9.98 Å². The lowest BCUT2D eigenvalue weighted by atomic mass is 9.97. The van der Waals surface area contributed by atoms with Crippen molar-refractivity contribution in [2.45, 2.75) is 20.8 Å². The maximum Gasteiger partial charge on any atom is 0.278 e. The highest BCUT2D eigenvalue weighted by Crippen LogP contribution is 2.33. The summed E-state index contributed by atoms with van der Waals surface area (Å²) in [5.41, 5.74) is 6.70. The van der Waals surface area contributed by atoms with E-state index < -0.39 is 23.4 Å². The van der Waals surface area contributed by atoms with Gasteiger partial charge >= 0.3 is 0 Å². The molecule has 0 saturated carbocycles. The Bertz CT molecular complexity index is 1100. The Morgan fingerprint density at radius 2 is 1.71 bits per heavy atom. The van der Waals surface area contributed by atoms with Crippen molar-refractivity contribution in [1.29, 1.82) is 0 Å². The Balaban J connectivity index is 2.25. The molecule has 1 heterocycles. The van der Waals surface area contributed by atoms with Crippen LogP contribution in [-0.4, -0.2) is 16.7 Å². The maximum absolute atomic E-state index is 14.4. The molecule has 3 rings (SSSR count). The Morgan fingerprint density at radius 3 is 2.32 bits per heavy atom. The fourth-order valence-electron chi connectivity index (χ4n) is 2.81. The van der Waals surface area contributed by atoms with Crippen molar-refractivity contribution in [3.63, 3.8) is 0 Å². The lowest BCUT2D eigenvalue weighted by Crippen LogP contribution is -2.20. The van der Waals surface area contributed by atoms with Gasteiger partial charge in [0, 0.05) is 34.7 Å². The molecule has 2 aromatic carbocycles. The second kappa shape index (κ2) is 7.42. The topological polar surface area (TPSA) is 68.3 Å². The van der Waals surface area contributed by atoms with Gasteiger partial charge in [-0.1, -0.05) is 13.8 Å². The number of halogens is 3. The lowest BCUT2D eigenvalue weighted by Gasteiger charge is -2.11. The zero-order valence-corrected chi connectivity index (χ0v) is 15.6. The molecule has 3 aromatic rings. The van der Waals surface area contributed by atoms with Crippen molar-refractivity contribution < 1.29 is 18.0 Å². The molecule has 28 heavy (non-hydrogen) atoms. The summed E-state index contributed by atoms with van der Waals surface area (Å²) < 4.78 is 42.1. The van der Waals surface area contributed by atoms with E-state index >= 15 is 0 Å². The molecule has 0 aliphatic carbocycles. The number of carbonyl (C=O) groups excluding carboxylic acids is 1. The fourth-order valence-corrected chi connectivity index (χ4v) is 2.81. The summed E-state index contributed by atoms with van der Waals surface area (Å²) in [5.74, 6) is -3.58. The van der Waals surface area contributed by atoms with E-state index in [0.29, 0.717) is 28.7 Å². The first-order valence-electron chi connectivity index (χ1n) is 8.62. The third-order valence-corrected chi connectivity index (χ3v) is 4.28. The minimum Gasteiger partial charge on any atom is -0.387 e. The average Bonchev–Trinajstić information content (AvgIpc) is 2.60. The zero-order chi connectivity index (χ0) is 20.6. The summed E-state index contributed by atoms with van der Waals surface area (Å²) in [7, 11) is 0. The van der Waals surface area contributed by atoms with E-state index in [1.54, 1.807) is 26.8 Å². The number of hydrogen-bond donors (Lipinski definition) is 1. The number of hydrogen-bond acceptors (Lipinski definition) is 2. The Morgan fingerprint density at radius 1 is 1.07 bits per heavy atom. The van der Waals surface area contributed by atoms with Gasteiger partial charge in [0.05, 0.1) is 11.1 Å². The molecular weight excluding hydrogens is 367 g/mol. The molecule has 7 heteroatoms. The largest absolute Gasteiger partial charge is 0.387 e. The van der Waals surface area contributed by atoms with Crippen molar-refractivity contribution in [3.8, 4) is 11.1 Å². The molecule has 0 bridgehead atoms. The van der Waals surface area contributed by atoms with Gasteiger partial charge in [-0.3, -0.25) is 9.78 Å². The van der Waals surface area contributed by atoms with Crippen LogP contribution < -0.4 is 5.73 Å². The lowest BCUT2D eigenvalue weighted by molar-refractivity contribution is 0.100. The molecule has 0 radical (unpaired) electrons. The standard InChI is InChI=1S/C21H18F3N3O/c1-10(2)20(25)27-21(28)12-4-5-18-14(7-12)15(6-11(3)26-18)19-16(23)8-13(22)9-17(19)24/h4-10H,1-3H3,(H2,25,27,28). The zero-order valence-electron chi connectivity index (χ0n) is 15.6. The van der Waals surface area contributed by atoms with Crippen LogP contribution in [0.15, 0.2) is 41.4 Å². The normalized spacial score (nSPS) is 12.0. The van der Waals surface area contributed by atoms with E-state index in [1.807, 2.05) is 0 Å². The van der Waals surface area contributed by atoms with Gasteiger partial charge in [0.1, 0.15) is 23.3 Å². The number of rotatable bonds is 3. The minimum atomic E-state index is -1.04. The molecule has 2 N–H and O–H groups in total. The third kappa shape index (κ3) is 3.74. The first-order chi connectivity index (χ1) is 13.2. The minimum absolute atomic E-state index is 0.105. The second-order valence-electron chi connectivity index (χ2n) is 6.78. The number of aryl methyl sites for hydroxylation is 1. The van der Waals surface area contributed by atoms with Crippen molar-refractivity contribution in [2.24, 2.45) is 16.6 Å². The summed E-state index contributed by atoms with van der Waals surface area (Å²) in [4.78, 5) is 20.6. The predicted molar refractivity (Wildman–Crippen MR) is 103 cm³/mol. The van der Waals surface area contributed by atoms with Crippen LogP contribution in [0.25, 0.3) is 22.0 Å². The SMILES string of the molecule is Cc1cc(-c2c(F)cc(F)cc2F)c2cc(C(=O)N=C(N)C(C)C)ccc2n1. The molecule has 0 fully saturated rings. The van der Waals surface area contributed by atoms with Gasteiger partial charge in [0.15, 0.2) is 0 Å². The summed E-state index contributed by atoms with van der Waals surface area (Å²) in [6, 6.07) is 7.26. The molecule has 1 aromatic heterocycles. The van der Waals surface area contributed by atoms with Crippen LogP contribution in [0.3, 0.4) is 0 Å². The quantitative estimate of drug-likeness (QED) is 0.521. The third-order valence-electron chi connectivity index (χ3n) is 4.28. The van der Waals surface area contributed by atoms with Gasteiger partial charge in [0.25, 0.3) is 5.91 Å². The van der Waals surface area contributed by atoms with E-state index in [9.17, 15) is 18.0 Å². The molecule has 144 valence electrons. The number of fused-ring (bicyclic) bond motifs is 1. The number of nitrogens with two attached hydrogens (primary N) is 1. The Hall–Kier alpha value is -3.22. The first-order valence-corrected chi connectivity index (χ1v) is 8.62. The summed E-state index contributed by atoms with van der Waals surface area (Å²) >= 11 is 0. The molecule has 0 atom stereocenters. The van der Waals surface area contributed by atoms with Crippen LogP contribution >= 0.6 is 0 Å². The van der Waals surface area contributed by atoms with Gasteiger partial charge in [-0.25, -0.2) is 13.2 Å². The predicted octanol–water partition coefficient (Wildman–Crippen LogP) is 4.78. The molecule has 1 amide bonds. The van der Waals surface area contributed by atoms with E-state index in [4.69, 9.17) is 5.73 Å². The fraction of sp³-hybridized carbons (Fsp3) is 0.190. The van der Waals surface area contributed by atoms with Crippen LogP contribution in [-0.2, 0) is 0 Å². The molecule has 0 unspecified atom stereocenters. The monoisotopic (exact) mass is 385 g/mol. The molecule has 0 saturated heterocycles. The molecule has 0 aliphatic rings. The number of aliphatic imine (C=N–C) groups is 1. The highest BCUT2D eigenvalue weighted by molar-refractivity contribution is 6.06.